The third kappa shape index (κ3) is 3.01. The van der Waals surface area contributed by atoms with Gasteiger partial charge in [-0.3, -0.25) is 0 Å². The number of carbonyl (C=O) groups excluding carboxylic acids is 1. The number of methoxy groups -OCH3 is 1. The van der Waals surface area contributed by atoms with Gasteiger partial charge in [-0.15, -0.1) is 0 Å². The van der Waals surface area contributed by atoms with E-state index in [2.05, 4.69) is 9.72 Å². The van der Waals surface area contributed by atoms with Crippen molar-refractivity contribution >= 4 is 52.4 Å². The van der Waals surface area contributed by atoms with E-state index >= 15 is 0 Å². The average Bonchev–Trinajstić information content (AvgIpc) is 2.43. The predicted molar refractivity (Wildman–Crippen MR) is 81.1 cm³/mol. The number of aromatic nitrogens is 1. The van der Waals surface area contributed by atoms with Crippen LogP contribution < -0.4 is 0 Å². The van der Waals surface area contributed by atoms with Crippen LogP contribution in [0, 0.1) is 0 Å². The van der Waals surface area contributed by atoms with Gasteiger partial charge in [-0.1, -0.05) is 46.4 Å². The summed E-state index contributed by atoms with van der Waals surface area (Å²) in [5, 5.41) is 0.928. The number of rotatable bonds is 2. The molecule has 0 bridgehead atoms. The Labute approximate surface area is 135 Å². The van der Waals surface area contributed by atoms with Crippen LogP contribution in [-0.4, -0.2) is 18.1 Å². The van der Waals surface area contributed by atoms with Crippen LogP contribution in [0.1, 0.15) is 10.4 Å². The zero-order valence-corrected chi connectivity index (χ0v) is 13.1. The van der Waals surface area contributed by atoms with E-state index in [1.165, 1.54) is 19.2 Å². The molecular formula is C13H7Cl4NO2. The lowest BCUT2D eigenvalue weighted by Gasteiger charge is -2.08. The number of esters is 1. The Morgan fingerprint density at radius 1 is 1.10 bits per heavy atom. The van der Waals surface area contributed by atoms with Gasteiger partial charge in [0.25, 0.3) is 0 Å². The maximum absolute atomic E-state index is 11.6. The SMILES string of the molecule is COC(=O)c1cc(Cl)nc(-c2ccc(Cl)c(Cl)c2Cl)c1. The van der Waals surface area contributed by atoms with Crippen molar-refractivity contribution in [2.24, 2.45) is 0 Å². The normalized spacial score (nSPS) is 10.4. The molecule has 1 aromatic carbocycles. The van der Waals surface area contributed by atoms with E-state index < -0.39 is 5.97 Å². The second-order valence-electron chi connectivity index (χ2n) is 3.78. The monoisotopic (exact) mass is 349 g/mol. The van der Waals surface area contributed by atoms with Crippen LogP contribution in [0.3, 0.4) is 0 Å². The van der Waals surface area contributed by atoms with E-state index in [0.29, 0.717) is 16.3 Å². The number of carbonyl (C=O) groups is 1. The van der Waals surface area contributed by atoms with Crippen molar-refractivity contribution in [1.29, 1.82) is 0 Å². The molecule has 3 nitrogen and oxygen atoms in total. The Hall–Kier alpha value is -1.000. The Morgan fingerprint density at radius 3 is 2.45 bits per heavy atom. The fourth-order valence-corrected chi connectivity index (χ4v) is 2.44. The first-order valence-corrected chi connectivity index (χ1v) is 6.85. The highest BCUT2D eigenvalue weighted by molar-refractivity contribution is 6.49. The Morgan fingerprint density at radius 2 is 1.80 bits per heavy atom. The molecule has 0 fully saturated rings. The minimum absolute atomic E-state index is 0.144. The lowest BCUT2D eigenvalue weighted by Crippen LogP contribution is -2.02. The molecule has 0 aliphatic rings. The van der Waals surface area contributed by atoms with Crippen molar-refractivity contribution in [1.82, 2.24) is 4.98 Å². The van der Waals surface area contributed by atoms with Gasteiger partial charge in [-0.05, 0) is 24.3 Å². The van der Waals surface area contributed by atoms with Gasteiger partial charge in [0.05, 0.1) is 33.4 Å². The lowest BCUT2D eigenvalue weighted by molar-refractivity contribution is 0.0600. The smallest absolute Gasteiger partial charge is 0.338 e. The van der Waals surface area contributed by atoms with Gasteiger partial charge in [0.15, 0.2) is 0 Å². The maximum Gasteiger partial charge on any atom is 0.338 e. The van der Waals surface area contributed by atoms with Crippen molar-refractivity contribution in [3.05, 3.63) is 50.0 Å². The topological polar surface area (TPSA) is 39.2 Å². The van der Waals surface area contributed by atoms with Gasteiger partial charge in [0, 0.05) is 5.56 Å². The van der Waals surface area contributed by atoms with E-state index in [1.807, 2.05) is 0 Å². The molecule has 0 saturated heterocycles. The Balaban J connectivity index is 2.61. The summed E-state index contributed by atoms with van der Waals surface area (Å²) in [7, 11) is 1.28. The second kappa shape index (κ2) is 6.19. The van der Waals surface area contributed by atoms with Gasteiger partial charge in [0.2, 0.25) is 0 Å². The van der Waals surface area contributed by atoms with Crippen LogP contribution in [0.25, 0.3) is 11.3 Å². The molecule has 0 radical (unpaired) electrons. The van der Waals surface area contributed by atoms with E-state index in [0.717, 1.165) is 0 Å². The number of pyridine rings is 1. The lowest BCUT2D eigenvalue weighted by atomic mass is 10.1. The summed E-state index contributed by atoms with van der Waals surface area (Å²) in [5.74, 6) is -0.522. The van der Waals surface area contributed by atoms with Crippen LogP contribution >= 0.6 is 46.4 Å². The molecule has 0 aliphatic carbocycles. The van der Waals surface area contributed by atoms with Gasteiger partial charge in [0.1, 0.15) is 5.15 Å². The summed E-state index contributed by atoms with van der Waals surface area (Å²) in [5.41, 5.74) is 1.19. The first-order chi connectivity index (χ1) is 9.43. The van der Waals surface area contributed by atoms with Crippen molar-refractivity contribution in [3.8, 4) is 11.3 Å². The molecule has 0 atom stereocenters. The van der Waals surface area contributed by atoms with Crippen LogP contribution in [0.5, 0.6) is 0 Å². The van der Waals surface area contributed by atoms with Gasteiger partial charge < -0.3 is 4.74 Å². The van der Waals surface area contributed by atoms with E-state index in [9.17, 15) is 4.79 Å². The van der Waals surface area contributed by atoms with E-state index in [4.69, 9.17) is 46.4 Å². The Bertz CT molecular complexity index is 688. The molecule has 0 spiro atoms. The third-order valence-corrected chi connectivity index (χ3v) is 4.01. The largest absolute Gasteiger partial charge is 0.465 e. The van der Waals surface area contributed by atoms with Crippen molar-refractivity contribution in [2.45, 2.75) is 0 Å². The summed E-state index contributed by atoms with van der Waals surface area (Å²) in [4.78, 5) is 15.7. The summed E-state index contributed by atoms with van der Waals surface area (Å²) >= 11 is 23.9. The summed E-state index contributed by atoms with van der Waals surface area (Å²) < 4.78 is 4.65. The van der Waals surface area contributed by atoms with Crippen molar-refractivity contribution in [3.63, 3.8) is 0 Å². The summed E-state index contributed by atoms with van der Waals surface area (Å²) in [6.07, 6.45) is 0. The zero-order chi connectivity index (χ0) is 14.9. The van der Waals surface area contributed by atoms with E-state index in [-0.39, 0.29) is 20.8 Å². The standard InChI is InChI=1S/C13H7Cl4NO2/c1-20-13(19)6-4-9(18-10(15)5-6)7-2-3-8(14)12(17)11(7)16/h2-5H,1H3. The highest BCUT2D eigenvalue weighted by atomic mass is 35.5. The van der Waals surface area contributed by atoms with Crippen molar-refractivity contribution < 1.29 is 9.53 Å². The third-order valence-electron chi connectivity index (χ3n) is 2.53. The molecule has 1 aromatic heterocycles. The molecule has 104 valence electrons. The minimum atomic E-state index is -0.522. The number of ether oxygens (including phenoxy) is 1. The van der Waals surface area contributed by atoms with Gasteiger partial charge in [-0.2, -0.15) is 0 Å². The number of hydrogen-bond donors (Lipinski definition) is 0. The number of nitrogens with zero attached hydrogens (tertiary/aromatic N) is 1. The molecule has 7 heteroatoms. The highest BCUT2D eigenvalue weighted by Gasteiger charge is 2.15. The fourth-order valence-electron chi connectivity index (χ4n) is 1.59. The quantitative estimate of drug-likeness (QED) is 0.427. The van der Waals surface area contributed by atoms with Crippen molar-refractivity contribution in [2.75, 3.05) is 7.11 Å². The zero-order valence-electron chi connectivity index (χ0n) is 10.1. The summed E-state index contributed by atoms with van der Waals surface area (Å²) in [6.45, 7) is 0. The molecule has 0 saturated carbocycles. The van der Waals surface area contributed by atoms with Crippen LogP contribution in [0.15, 0.2) is 24.3 Å². The molecule has 2 aromatic rings. The predicted octanol–water partition coefficient (Wildman–Crippen LogP) is 5.15. The average molecular weight is 351 g/mol. The molecule has 20 heavy (non-hydrogen) atoms. The van der Waals surface area contributed by atoms with Gasteiger partial charge >= 0.3 is 5.97 Å². The Kier molecular flexibility index (Phi) is 4.76. The number of hydrogen-bond acceptors (Lipinski definition) is 3. The maximum atomic E-state index is 11.6. The summed E-state index contributed by atoms with van der Waals surface area (Å²) in [6, 6.07) is 6.16. The molecular weight excluding hydrogens is 344 g/mol. The molecule has 2 rings (SSSR count). The minimum Gasteiger partial charge on any atom is -0.465 e. The van der Waals surface area contributed by atoms with Crippen LogP contribution in [0.2, 0.25) is 20.2 Å². The number of benzene rings is 1. The van der Waals surface area contributed by atoms with E-state index in [1.54, 1.807) is 12.1 Å². The molecule has 0 amide bonds. The first kappa shape index (κ1) is 15.4. The first-order valence-electron chi connectivity index (χ1n) is 5.34. The van der Waals surface area contributed by atoms with Crippen LogP contribution in [0.4, 0.5) is 0 Å². The molecule has 0 aliphatic heterocycles. The highest BCUT2D eigenvalue weighted by Crippen LogP contribution is 2.37. The molecule has 0 N–H and O–H groups in total. The van der Waals surface area contributed by atoms with Crippen LogP contribution in [-0.2, 0) is 4.74 Å². The second-order valence-corrected chi connectivity index (χ2v) is 5.33. The van der Waals surface area contributed by atoms with Gasteiger partial charge in [-0.25, -0.2) is 9.78 Å². The molecule has 1 heterocycles. The fraction of sp³-hybridized carbons (Fsp3) is 0.0769. The molecule has 0 unspecified atom stereocenters. The number of halogens is 4.